The number of amides is 2. The van der Waals surface area contributed by atoms with Gasteiger partial charge in [0.25, 0.3) is 11.8 Å². The van der Waals surface area contributed by atoms with Gasteiger partial charge < -0.3 is 5.32 Å². The first-order valence-electron chi connectivity index (χ1n) is 10.4. The standard InChI is InChI=1S/C23H21ClF3N3O2/c24-17-13-11-16(12-14-17)20(31)29-22(23(25,26)27)21(32)30(18-9-5-2-6-10-18)19(28-22)15-7-3-1-4-8-15/h1,3-4,7-8,11-14,18H,2,5-6,9-10H2,(H,29,31). The van der Waals surface area contributed by atoms with E-state index in [4.69, 9.17) is 11.6 Å². The number of carbonyl (C=O) groups excluding carboxylic acids is 2. The Morgan fingerprint density at radius 1 is 1.03 bits per heavy atom. The Morgan fingerprint density at radius 2 is 1.66 bits per heavy atom. The maximum Gasteiger partial charge on any atom is 0.442 e. The summed E-state index contributed by atoms with van der Waals surface area (Å²) in [6.45, 7) is 0. The van der Waals surface area contributed by atoms with Crippen LogP contribution in [-0.2, 0) is 4.79 Å². The lowest BCUT2D eigenvalue weighted by Gasteiger charge is -2.34. The molecule has 2 aromatic carbocycles. The molecule has 32 heavy (non-hydrogen) atoms. The number of aliphatic imine (C=N–C) groups is 1. The van der Waals surface area contributed by atoms with Crippen molar-refractivity contribution < 1.29 is 22.8 Å². The van der Waals surface area contributed by atoms with E-state index in [1.165, 1.54) is 24.3 Å². The van der Waals surface area contributed by atoms with Crippen molar-refractivity contribution in [2.75, 3.05) is 0 Å². The highest BCUT2D eigenvalue weighted by molar-refractivity contribution is 6.30. The third-order valence-corrected chi connectivity index (χ3v) is 6.06. The molecule has 1 fully saturated rings. The van der Waals surface area contributed by atoms with Crippen LogP contribution in [0.2, 0.25) is 5.02 Å². The molecule has 1 unspecified atom stereocenters. The molecule has 1 aliphatic carbocycles. The first-order chi connectivity index (χ1) is 15.2. The summed E-state index contributed by atoms with van der Waals surface area (Å²) in [4.78, 5) is 31.2. The van der Waals surface area contributed by atoms with E-state index >= 15 is 0 Å². The highest BCUT2D eigenvalue weighted by Gasteiger charge is 2.67. The van der Waals surface area contributed by atoms with E-state index < -0.39 is 29.7 Å². The molecule has 0 radical (unpaired) electrons. The van der Waals surface area contributed by atoms with Crippen molar-refractivity contribution in [3.63, 3.8) is 0 Å². The largest absolute Gasteiger partial charge is 0.442 e. The van der Waals surface area contributed by atoms with Gasteiger partial charge in [-0.05, 0) is 37.1 Å². The highest BCUT2D eigenvalue weighted by Crippen LogP contribution is 2.41. The van der Waals surface area contributed by atoms with Crippen LogP contribution in [0.15, 0.2) is 59.6 Å². The number of rotatable bonds is 4. The van der Waals surface area contributed by atoms with Crippen molar-refractivity contribution in [1.29, 1.82) is 0 Å². The van der Waals surface area contributed by atoms with Crippen LogP contribution in [0.4, 0.5) is 13.2 Å². The molecule has 0 saturated heterocycles. The summed E-state index contributed by atoms with van der Waals surface area (Å²) in [6.07, 6.45) is -1.39. The summed E-state index contributed by atoms with van der Waals surface area (Å²) < 4.78 is 43.3. The predicted octanol–water partition coefficient (Wildman–Crippen LogP) is 4.95. The molecule has 0 bridgehead atoms. The lowest BCUT2D eigenvalue weighted by molar-refractivity contribution is -0.197. The third kappa shape index (κ3) is 3.99. The molecular weight excluding hydrogens is 443 g/mol. The average molecular weight is 464 g/mol. The van der Waals surface area contributed by atoms with Gasteiger partial charge in [-0.2, -0.15) is 13.2 Å². The lowest BCUT2D eigenvalue weighted by atomic mass is 9.93. The third-order valence-electron chi connectivity index (χ3n) is 5.81. The van der Waals surface area contributed by atoms with Crippen LogP contribution >= 0.6 is 11.6 Å². The number of carbonyl (C=O) groups is 2. The van der Waals surface area contributed by atoms with Crippen molar-refractivity contribution in [1.82, 2.24) is 10.2 Å². The molecule has 2 amide bonds. The van der Waals surface area contributed by atoms with E-state index in [0.29, 0.717) is 23.4 Å². The average Bonchev–Trinajstić information content (AvgIpc) is 3.08. The Bertz CT molecular complexity index is 1030. The molecule has 1 N–H and O–H groups in total. The number of alkyl halides is 3. The molecule has 0 aromatic heterocycles. The zero-order valence-electron chi connectivity index (χ0n) is 17.0. The summed E-state index contributed by atoms with van der Waals surface area (Å²) in [6, 6.07) is 13.2. The van der Waals surface area contributed by atoms with Gasteiger partial charge in [-0.1, -0.05) is 61.2 Å². The molecule has 5 nitrogen and oxygen atoms in total. The zero-order valence-corrected chi connectivity index (χ0v) is 17.8. The summed E-state index contributed by atoms with van der Waals surface area (Å²) in [7, 11) is 0. The second kappa shape index (κ2) is 8.58. The molecular formula is C23H21ClF3N3O2. The molecule has 1 heterocycles. The van der Waals surface area contributed by atoms with Crippen LogP contribution in [0, 0.1) is 0 Å². The summed E-state index contributed by atoms with van der Waals surface area (Å²) in [5.41, 5.74) is -3.07. The number of nitrogens with one attached hydrogen (secondary N) is 1. The van der Waals surface area contributed by atoms with Crippen LogP contribution < -0.4 is 5.32 Å². The normalized spacial score (nSPS) is 22.1. The molecule has 0 spiro atoms. The number of benzene rings is 2. The Hall–Kier alpha value is -2.87. The molecule has 168 valence electrons. The van der Waals surface area contributed by atoms with Crippen molar-refractivity contribution >= 4 is 29.3 Å². The van der Waals surface area contributed by atoms with Gasteiger partial charge in [-0.3, -0.25) is 14.5 Å². The molecule has 1 saturated carbocycles. The van der Waals surface area contributed by atoms with E-state index in [2.05, 4.69) is 4.99 Å². The second-order valence-corrected chi connectivity index (χ2v) is 8.37. The maximum atomic E-state index is 14.4. The van der Waals surface area contributed by atoms with E-state index in [9.17, 15) is 22.8 Å². The molecule has 9 heteroatoms. The van der Waals surface area contributed by atoms with Crippen LogP contribution in [0.25, 0.3) is 0 Å². The molecule has 2 aliphatic rings. The Labute approximate surface area is 188 Å². The smallest absolute Gasteiger partial charge is 0.312 e. The van der Waals surface area contributed by atoms with Crippen molar-refractivity contribution in [3.05, 3.63) is 70.7 Å². The lowest BCUT2D eigenvalue weighted by Crippen LogP contribution is -2.64. The van der Waals surface area contributed by atoms with Crippen LogP contribution in [0.3, 0.4) is 0 Å². The van der Waals surface area contributed by atoms with Gasteiger partial charge in [0.2, 0.25) is 0 Å². The van der Waals surface area contributed by atoms with Crippen molar-refractivity contribution in [3.8, 4) is 0 Å². The maximum absolute atomic E-state index is 14.4. The first kappa shape index (κ1) is 22.3. The topological polar surface area (TPSA) is 61.8 Å². The first-order valence-corrected chi connectivity index (χ1v) is 10.7. The fourth-order valence-corrected chi connectivity index (χ4v) is 4.30. The number of halogens is 4. The van der Waals surface area contributed by atoms with E-state index in [1.54, 1.807) is 30.3 Å². The summed E-state index contributed by atoms with van der Waals surface area (Å²) in [5.74, 6) is -2.41. The minimum atomic E-state index is -5.14. The second-order valence-electron chi connectivity index (χ2n) is 7.94. The van der Waals surface area contributed by atoms with Gasteiger partial charge in [0.1, 0.15) is 5.84 Å². The van der Waals surface area contributed by atoms with Crippen molar-refractivity contribution in [2.45, 2.75) is 50.0 Å². The monoisotopic (exact) mass is 463 g/mol. The number of hydrogen-bond donors (Lipinski definition) is 1. The van der Waals surface area contributed by atoms with Crippen LogP contribution in [0.5, 0.6) is 0 Å². The predicted molar refractivity (Wildman–Crippen MR) is 114 cm³/mol. The van der Waals surface area contributed by atoms with Gasteiger partial charge in [0, 0.05) is 22.2 Å². The van der Waals surface area contributed by atoms with Crippen LogP contribution in [-0.4, -0.2) is 40.4 Å². The van der Waals surface area contributed by atoms with Gasteiger partial charge >= 0.3 is 11.8 Å². The minimum absolute atomic E-state index is 0.0570. The summed E-state index contributed by atoms with van der Waals surface area (Å²) in [5, 5.41) is 2.23. The highest BCUT2D eigenvalue weighted by atomic mass is 35.5. The number of hydrogen-bond acceptors (Lipinski definition) is 3. The fraction of sp³-hybridized carbons (Fsp3) is 0.348. The zero-order chi connectivity index (χ0) is 22.9. The molecule has 2 aromatic rings. The van der Waals surface area contributed by atoms with E-state index in [-0.39, 0.29) is 11.4 Å². The van der Waals surface area contributed by atoms with Crippen molar-refractivity contribution in [2.24, 2.45) is 4.99 Å². The molecule has 1 atom stereocenters. The van der Waals surface area contributed by atoms with Crippen LogP contribution in [0.1, 0.15) is 48.0 Å². The SMILES string of the molecule is O=C(NC1(C(F)(F)F)N=C(c2ccccc2)N(C2CCCCC2)C1=O)c1ccc(Cl)cc1. The number of amidine groups is 1. The summed E-state index contributed by atoms with van der Waals surface area (Å²) >= 11 is 5.81. The Morgan fingerprint density at radius 3 is 2.25 bits per heavy atom. The minimum Gasteiger partial charge on any atom is -0.312 e. The molecule has 4 rings (SSSR count). The van der Waals surface area contributed by atoms with Gasteiger partial charge in [0.05, 0.1) is 0 Å². The van der Waals surface area contributed by atoms with Gasteiger partial charge in [0.15, 0.2) is 0 Å². The number of nitrogens with zero attached hydrogens (tertiary/aromatic N) is 2. The Kier molecular flexibility index (Phi) is 5.99. The molecule has 1 aliphatic heterocycles. The van der Waals surface area contributed by atoms with E-state index in [1.807, 2.05) is 5.32 Å². The van der Waals surface area contributed by atoms with Gasteiger partial charge in [-0.15, -0.1) is 0 Å². The fourth-order valence-electron chi connectivity index (χ4n) is 4.17. The quantitative estimate of drug-likeness (QED) is 0.697. The Balaban J connectivity index is 1.79. The van der Waals surface area contributed by atoms with Gasteiger partial charge in [-0.25, -0.2) is 4.99 Å². The van der Waals surface area contributed by atoms with E-state index in [0.717, 1.165) is 24.2 Å².